The van der Waals surface area contributed by atoms with Crippen LogP contribution in [0.2, 0.25) is 6.22 Å². The summed E-state index contributed by atoms with van der Waals surface area (Å²) in [6.07, 6.45) is 0.663. The average Bonchev–Trinajstić information content (AvgIpc) is 1.41. The first kappa shape index (κ1) is 5.00. The van der Waals surface area contributed by atoms with Crippen LogP contribution in [0.15, 0.2) is 0 Å². The van der Waals surface area contributed by atoms with Crippen molar-refractivity contribution >= 4 is 20.7 Å². The van der Waals surface area contributed by atoms with Gasteiger partial charge in [0.15, 0.2) is 0 Å². The van der Waals surface area contributed by atoms with Crippen LogP contribution in [0.4, 0.5) is 0 Å². The van der Waals surface area contributed by atoms with Crippen molar-refractivity contribution in [2.75, 3.05) is 0 Å². The average molecular weight is 63.7 g/mol. The van der Waals surface area contributed by atoms with Crippen LogP contribution in [-0.4, -0.2) is 20.7 Å². The summed E-state index contributed by atoms with van der Waals surface area (Å²) in [7, 11) is 5.05. The van der Waals surface area contributed by atoms with Gasteiger partial charge in [0, 0.05) is 0 Å². The molecule has 0 aromatic heterocycles. The normalized spacial score (nSPS) is 8.20. The molecule has 5 heavy (non-hydrogen) atoms. The van der Waals surface area contributed by atoms with Gasteiger partial charge in [0.25, 0.3) is 0 Å². The SMILES string of the molecule is [B]CB=CC. The van der Waals surface area contributed by atoms with Gasteiger partial charge in [-0.3, -0.25) is 0 Å². The Kier molecular flexibility index (Phi) is 4.00. The second-order valence-electron chi connectivity index (χ2n) is 0.805. The molecule has 0 aliphatic rings. The fourth-order valence-electron chi connectivity index (χ4n) is 0.136. The second kappa shape index (κ2) is 4.00. The summed E-state index contributed by atoms with van der Waals surface area (Å²) in [6, 6.07) is 0. The quantitative estimate of drug-likeness (QED) is 0.378. The van der Waals surface area contributed by atoms with Crippen molar-refractivity contribution in [3.05, 3.63) is 0 Å². The zero-order valence-electron chi connectivity index (χ0n) is 3.44. The van der Waals surface area contributed by atoms with Gasteiger partial charge in [-0.2, -0.15) is 0 Å². The van der Waals surface area contributed by atoms with Crippen molar-refractivity contribution in [3.8, 4) is 0 Å². The molecule has 0 aliphatic heterocycles. The van der Waals surface area contributed by atoms with Crippen molar-refractivity contribution < 1.29 is 0 Å². The van der Waals surface area contributed by atoms with Gasteiger partial charge in [-0.15, -0.1) is 0 Å². The Morgan fingerprint density at radius 1 is 2.00 bits per heavy atom. The van der Waals surface area contributed by atoms with Crippen LogP contribution in [-0.2, 0) is 0 Å². The Morgan fingerprint density at radius 2 is 2.60 bits per heavy atom. The Balaban J connectivity index is 2.62. The van der Waals surface area contributed by atoms with E-state index in [2.05, 4.69) is 0 Å². The van der Waals surface area contributed by atoms with E-state index in [-0.39, 0.29) is 0 Å². The van der Waals surface area contributed by atoms with Gasteiger partial charge in [0.1, 0.15) is 0 Å². The van der Waals surface area contributed by atoms with Crippen LogP contribution in [0.1, 0.15) is 6.92 Å². The molecule has 0 N–H and O–H groups in total. The second-order valence-corrected chi connectivity index (χ2v) is 0.805. The first-order valence-corrected chi connectivity index (χ1v) is 1.73. The summed E-state index contributed by atoms with van der Waals surface area (Å²) < 4.78 is 0. The standard InChI is InChI=1S/C3H6B2/c1-2-5-3-4/h2H,3H2,1H3. The summed E-state index contributed by atoms with van der Waals surface area (Å²) in [4.78, 5) is 0. The van der Waals surface area contributed by atoms with Gasteiger partial charge in [-0.1, -0.05) is 0 Å². The molecule has 0 bridgehead atoms. The van der Waals surface area contributed by atoms with E-state index in [1.54, 1.807) is 0 Å². The molecule has 2 heteroatoms. The van der Waals surface area contributed by atoms with Crippen LogP contribution in [0.3, 0.4) is 0 Å². The van der Waals surface area contributed by atoms with Crippen molar-refractivity contribution in [1.29, 1.82) is 0 Å². The molecule has 0 heterocycles. The molecule has 0 aromatic rings. The van der Waals surface area contributed by atoms with E-state index in [1.165, 1.54) is 0 Å². The van der Waals surface area contributed by atoms with Crippen LogP contribution in [0.5, 0.6) is 0 Å². The first-order valence-electron chi connectivity index (χ1n) is 1.73. The van der Waals surface area contributed by atoms with Crippen LogP contribution < -0.4 is 0 Å². The van der Waals surface area contributed by atoms with E-state index in [9.17, 15) is 0 Å². The van der Waals surface area contributed by atoms with Crippen molar-refractivity contribution in [1.82, 2.24) is 0 Å². The summed E-state index contributed by atoms with van der Waals surface area (Å²) in [6.45, 7) is 3.85. The minimum absolute atomic E-state index is 0.663. The van der Waals surface area contributed by atoms with E-state index in [4.69, 9.17) is 7.85 Å². The minimum atomic E-state index is 0.663. The predicted molar refractivity (Wildman–Crippen MR) is 28.1 cm³/mol. The van der Waals surface area contributed by atoms with Crippen LogP contribution in [0, 0.1) is 0 Å². The number of rotatable bonds is 1. The molecular formula is C3H6B2. The van der Waals surface area contributed by atoms with E-state index < -0.39 is 0 Å². The fraction of sp³-hybridized carbons (Fsp3) is 0.667. The predicted octanol–water partition coefficient (Wildman–Crippen LogP) is 0.0570. The third-order valence-electron chi connectivity index (χ3n) is 0.372. The molecule has 24 valence electrons. The molecule has 0 rings (SSSR count). The monoisotopic (exact) mass is 64.1 g/mol. The summed E-state index contributed by atoms with van der Waals surface area (Å²) in [5.41, 5.74) is 0. The van der Waals surface area contributed by atoms with E-state index in [0.29, 0.717) is 6.22 Å². The van der Waals surface area contributed by atoms with Gasteiger partial charge in [-0.05, 0) is 0 Å². The molecule has 0 unspecified atom stereocenters. The van der Waals surface area contributed by atoms with E-state index in [1.807, 2.05) is 19.8 Å². The number of hydrogen-bond donors (Lipinski definition) is 0. The molecule has 0 amide bonds. The molecule has 0 aliphatic carbocycles. The Bertz CT molecular complexity index is 31.9. The van der Waals surface area contributed by atoms with Gasteiger partial charge in [0.2, 0.25) is 0 Å². The van der Waals surface area contributed by atoms with E-state index in [0.717, 1.165) is 0 Å². The Labute approximate surface area is 34.9 Å². The molecule has 0 atom stereocenters. The zero-order valence-corrected chi connectivity index (χ0v) is 3.44. The van der Waals surface area contributed by atoms with Crippen molar-refractivity contribution in [2.24, 2.45) is 0 Å². The Hall–Kier alpha value is -0.000130. The Morgan fingerprint density at radius 3 is 2.60 bits per heavy atom. The van der Waals surface area contributed by atoms with Gasteiger partial charge in [-0.25, -0.2) is 0 Å². The van der Waals surface area contributed by atoms with Gasteiger partial charge in [0.05, 0.1) is 0 Å². The molecule has 0 nitrogen and oxygen atoms in total. The molecule has 0 fully saturated rings. The van der Waals surface area contributed by atoms with Crippen LogP contribution in [0.25, 0.3) is 0 Å². The topological polar surface area (TPSA) is 0 Å². The zero-order chi connectivity index (χ0) is 4.12. The maximum atomic E-state index is 5.05. The van der Waals surface area contributed by atoms with Crippen LogP contribution >= 0.6 is 0 Å². The van der Waals surface area contributed by atoms with E-state index >= 15 is 0 Å². The van der Waals surface area contributed by atoms with Gasteiger partial charge < -0.3 is 0 Å². The van der Waals surface area contributed by atoms with Crippen molar-refractivity contribution in [2.45, 2.75) is 13.1 Å². The molecular weight excluding hydrogens is 57.7 g/mol. The summed E-state index contributed by atoms with van der Waals surface area (Å²) >= 11 is 0. The molecule has 0 aromatic carbocycles. The third kappa shape index (κ3) is 4.00. The maximum absolute atomic E-state index is 5.05. The summed E-state index contributed by atoms with van der Waals surface area (Å²) in [5.74, 6) is 1.93. The summed E-state index contributed by atoms with van der Waals surface area (Å²) in [5, 5.41) is 0. The third-order valence-corrected chi connectivity index (χ3v) is 0.372. The molecule has 0 saturated heterocycles. The first-order chi connectivity index (χ1) is 2.41. The fourth-order valence-corrected chi connectivity index (χ4v) is 0.136. The number of hydrogen-bond acceptors (Lipinski definition) is 0. The van der Waals surface area contributed by atoms with Gasteiger partial charge >= 0.3 is 33.9 Å². The molecule has 0 spiro atoms. The molecule has 2 radical (unpaired) electrons. The molecule has 0 saturated carbocycles. The van der Waals surface area contributed by atoms with Crippen molar-refractivity contribution in [3.63, 3.8) is 0 Å².